The number of rotatable bonds is 7. The first-order chi connectivity index (χ1) is 7.62. The molecule has 0 rings (SSSR count). The maximum absolute atomic E-state index is 11.4. The molecule has 6 heteroatoms. The standard InChI is InChI=1S/C11H21NO4S/c1-5-9(10(13)14)6-7-12-8-11(2,3)17(4,15)16/h6,12H,5,7-8H2,1-4H3,(H,13,14). The van der Waals surface area contributed by atoms with Crippen molar-refractivity contribution in [3.05, 3.63) is 11.6 Å². The van der Waals surface area contributed by atoms with Gasteiger partial charge in [0.15, 0.2) is 9.84 Å². The topological polar surface area (TPSA) is 83.5 Å². The molecule has 0 saturated heterocycles. The largest absolute Gasteiger partial charge is 0.478 e. The minimum Gasteiger partial charge on any atom is -0.478 e. The molecule has 0 aliphatic carbocycles. The van der Waals surface area contributed by atoms with Crippen molar-refractivity contribution in [3.8, 4) is 0 Å². The van der Waals surface area contributed by atoms with Crippen LogP contribution in [0.2, 0.25) is 0 Å². The first-order valence-corrected chi connectivity index (χ1v) is 7.33. The molecule has 0 aromatic rings. The highest BCUT2D eigenvalue weighted by molar-refractivity contribution is 7.92. The van der Waals surface area contributed by atoms with Crippen LogP contribution in [0.4, 0.5) is 0 Å². The Bertz CT molecular complexity index is 396. The smallest absolute Gasteiger partial charge is 0.331 e. The number of carboxylic acids is 1. The maximum Gasteiger partial charge on any atom is 0.331 e. The van der Waals surface area contributed by atoms with E-state index in [4.69, 9.17) is 5.11 Å². The molecular formula is C11H21NO4S. The molecule has 0 heterocycles. The van der Waals surface area contributed by atoms with Crippen molar-refractivity contribution in [1.29, 1.82) is 0 Å². The van der Waals surface area contributed by atoms with E-state index in [0.29, 0.717) is 25.1 Å². The summed E-state index contributed by atoms with van der Waals surface area (Å²) < 4.78 is 21.9. The fourth-order valence-corrected chi connectivity index (χ4v) is 1.45. The van der Waals surface area contributed by atoms with Crippen LogP contribution in [0.3, 0.4) is 0 Å². The minimum atomic E-state index is -3.12. The van der Waals surface area contributed by atoms with E-state index < -0.39 is 20.6 Å². The second-order valence-corrected chi connectivity index (χ2v) is 7.20. The quantitative estimate of drug-likeness (QED) is 0.525. The van der Waals surface area contributed by atoms with Gasteiger partial charge >= 0.3 is 5.97 Å². The Labute approximate surface area is 103 Å². The summed E-state index contributed by atoms with van der Waals surface area (Å²) in [6.45, 7) is 5.68. The summed E-state index contributed by atoms with van der Waals surface area (Å²) in [5, 5.41) is 11.7. The van der Waals surface area contributed by atoms with Gasteiger partial charge in [-0.3, -0.25) is 0 Å². The van der Waals surface area contributed by atoms with Gasteiger partial charge in [-0.25, -0.2) is 13.2 Å². The highest BCUT2D eigenvalue weighted by Crippen LogP contribution is 2.13. The normalized spacial score (nSPS) is 13.8. The molecule has 100 valence electrons. The summed E-state index contributed by atoms with van der Waals surface area (Å²) in [7, 11) is -3.12. The van der Waals surface area contributed by atoms with Gasteiger partial charge in [0.05, 0.1) is 4.75 Å². The number of hydrogen-bond acceptors (Lipinski definition) is 4. The molecule has 0 atom stereocenters. The van der Waals surface area contributed by atoms with Crippen LogP contribution >= 0.6 is 0 Å². The molecule has 0 saturated carbocycles. The van der Waals surface area contributed by atoms with Crippen LogP contribution in [0.5, 0.6) is 0 Å². The Balaban J connectivity index is 4.31. The van der Waals surface area contributed by atoms with Crippen LogP contribution in [-0.4, -0.2) is 43.6 Å². The summed E-state index contributed by atoms with van der Waals surface area (Å²) in [6, 6.07) is 0. The second-order valence-electron chi connectivity index (χ2n) is 4.55. The first kappa shape index (κ1) is 16.1. The molecule has 0 amide bonds. The number of nitrogens with one attached hydrogen (secondary N) is 1. The van der Waals surface area contributed by atoms with Gasteiger partial charge in [0.1, 0.15) is 0 Å². The number of carboxylic acid groups (broad SMARTS) is 1. The van der Waals surface area contributed by atoms with E-state index in [0.717, 1.165) is 0 Å². The summed E-state index contributed by atoms with van der Waals surface area (Å²) in [5.41, 5.74) is 0.328. The Hall–Kier alpha value is -0.880. The fraction of sp³-hybridized carbons (Fsp3) is 0.727. The van der Waals surface area contributed by atoms with E-state index >= 15 is 0 Å². The zero-order valence-electron chi connectivity index (χ0n) is 10.8. The van der Waals surface area contributed by atoms with Crippen LogP contribution in [0.1, 0.15) is 27.2 Å². The zero-order valence-corrected chi connectivity index (χ0v) is 11.6. The lowest BCUT2D eigenvalue weighted by atomic mass is 10.2. The Morgan fingerprint density at radius 1 is 1.41 bits per heavy atom. The van der Waals surface area contributed by atoms with E-state index in [-0.39, 0.29) is 0 Å². The Morgan fingerprint density at radius 3 is 2.29 bits per heavy atom. The number of hydrogen-bond donors (Lipinski definition) is 2. The molecular weight excluding hydrogens is 242 g/mol. The Morgan fingerprint density at radius 2 is 1.94 bits per heavy atom. The summed E-state index contributed by atoms with van der Waals surface area (Å²) in [5.74, 6) is -0.934. The molecule has 0 aliphatic heterocycles. The molecule has 0 aliphatic rings. The molecule has 0 aromatic heterocycles. The summed E-state index contributed by atoms with van der Waals surface area (Å²) >= 11 is 0. The van der Waals surface area contributed by atoms with Crippen LogP contribution in [0, 0.1) is 0 Å². The van der Waals surface area contributed by atoms with Gasteiger partial charge < -0.3 is 10.4 Å². The highest BCUT2D eigenvalue weighted by Gasteiger charge is 2.29. The molecule has 17 heavy (non-hydrogen) atoms. The third kappa shape index (κ3) is 5.32. The monoisotopic (exact) mass is 263 g/mol. The van der Waals surface area contributed by atoms with Crippen LogP contribution in [0.15, 0.2) is 11.6 Å². The van der Waals surface area contributed by atoms with Gasteiger partial charge in [-0.15, -0.1) is 0 Å². The van der Waals surface area contributed by atoms with Crippen molar-refractivity contribution in [2.45, 2.75) is 31.9 Å². The minimum absolute atomic E-state index is 0.291. The lowest BCUT2D eigenvalue weighted by molar-refractivity contribution is -0.132. The summed E-state index contributed by atoms with van der Waals surface area (Å²) in [4.78, 5) is 10.7. The first-order valence-electron chi connectivity index (χ1n) is 5.44. The molecule has 0 unspecified atom stereocenters. The van der Waals surface area contributed by atoms with Gasteiger partial charge in [0.2, 0.25) is 0 Å². The van der Waals surface area contributed by atoms with Crippen molar-refractivity contribution in [1.82, 2.24) is 5.32 Å². The number of aliphatic carboxylic acids is 1. The lowest BCUT2D eigenvalue weighted by Crippen LogP contribution is -2.41. The fourth-order valence-electron chi connectivity index (χ4n) is 1.08. The van der Waals surface area contributed by atoms with E-state index in [2.05, 4.69) is 5.32 Å². The Kier molecular flexibility index (Phi) is 5.84. The van der Waals surface area contributed by atoms with Crippen molar-refractivity contribution in [3.63, 3.8) is 0 Å². The van der Waals surface area contributed by atoms with Crippen molar-refractivity contribution < 1.29 is 18.3 Å². The predicted octanol–water partition coefficient (Wildman–Crippen LogP) is 0.820. The molecule has 5 nitrogen and oxygen atoms in total. The van der Waals surface area contributed by atoms with E-state index in [9.17, 15) is 13.2 Å². The SMILES string of the molecule is CCC(=CCNCC(C)(C)S(C)(=O)=O)C(=O)O. The van der Waals surface area contributed by atoms with Gasteiger partial charge in [-0.2, -0.15) is 0 Å². The zero-order chi connectivity index (χ0) is 13.7. The van der Waals surface area contributed by atoms with E-state index in [1.807, 2.05) is 0 Å². The van der Waals surface area contributed by atoms with E-state index in [1.165, 1.54) is 6.26 Å². The summed E-state index contributed by atoms with van der Waals surface area (Å²) in [6.07, 6.45) is 3.21. The van der Waals surface area contributed by atoms with E-state index in [1.54, 1.807) is 26.8 Å². The predicted molar refractivity (Wildman–Crippen MR) is 67.8 cm³/mol. The molecule has 0 fully saturated rings. The van der Waals surface area contributed by atoms with Crippen molar-refractivity contribution in [2.24, 2.45) is 0 Å². The number of sulfone groups is 1. The average Bonchev–Trinajstić information content (AvgIpc) is 2.15. The molecule has 2 N–H and O–H groups in total. The molecule has 0 radical (unpaired) electrons. The van der Waals surface area contributed by atoms with Crippen LogP contribution < -0.4 is 5.32 Å². The third-order valence-corrected chi connectivity index (χ3v) is 4.85. The van der Waals surface area contributed by atoms with Gasteiger partial charge in [0.25, 0.3) is 0 Å². The van der Waals surface area contributed by atoms with Crippen LogP contribution in [0.25, 0.3) is 0 Å². The maximum atomic E-state index is 11.4. The molecule has 0 spiro atoms. The molecule has 0 bridgehead atoms. The van der Waals surface area contributed by atoms with Gasteiger partial charge in [-0.1, -0.05) is 13.0 Å². The van der Waals surface area contributed by atoms with Gasteiger partial charge in [0, 0.05) is 24.9 Å². The second kappa shape index (κ2) is 6.16. The highest BCUT2D eigenvalue weighted by atomic mass is 32.2. The molecule has 0 aromatic carbocycles. The van der Waals surface area contributed by atoms with Crippen LogP contribution in [-0.2, 0) is 14.6 Å². The van der Waals surface area contributed by atoms with Crippen molar-refractivity contribution >= 4 is 15.8 Å². The average molecular weight is 263 g/mol. The lowest BCUT2D eigenvalue weighted by Gasteiger charge is -2.22. The third-order valence-electron chi connectivity index (χ3n) is 2.70. The number of carbonyl (C=O) groups is 1. The van der Waals surface area contributed by atoms with Gasteiger partial charge in [-0.05, 0) is 20.3 Å². The van der Waals surface area contributed by atoms with Crippen molar-refractivity contribution in [2.75, 3.05) is 19.3 Å².